The van der Waals surface area contributed by atoms with Gasteiger partial charge in [0.2, 0.25) is 0 Å². The van der Waals surface area contributed by atoms with E-state index in [9.17, 15) is 9.18 Å². The predicted molar refractivity (Wildman–Crippen MR) is 100 cm³/mol. The predicted octanol–water partition coefficient (Wildman–Crippen LogP) is 4.61. The van der Waals surface area contributed by atoms with Gasteiger partial charge in [-0.3, -0.25) is 9.48 Å². The Hall–Kier alpha value is -2.17. The number of amides is 1. The van der Waals surface area contributed by atoms with Crippen LogP contribution in [0, 0.1) is 11.7 Å². The van der Waals surface area contributed by atoms with E-state index >= 15 is 0 Å². The molecule has 3 rings (SSSR count). The summed E-state index contributed by atoms with van der Waals surface area (Å²) < 4.78 is 15.1. The minimum Gasteiger partial charge on any atom is -0.330 e. The summed E-state index contributed by atoms with van der Waals surface area (Å²) in [5.74, 6) is 0.285. The molecular weight excluding hydrogens is 329 g/mol. The molecule has 1 atom stereocenters. The van der Waals surface area contributed by atoms with Gasteiger partial charge in [0.15, 0.2) is 0 Å². The Balaban J connectivity index is 1.89. The minimum absolute atomic E-state index is 0.00519. The van der Waals surface area contributed by atoms with E-state index in [1.54, 1.807) is 12.1 Å². The van der Waals surface area contributed by atoms with Crippen molar-refractivity contribution >= 4 is 5.91 Å². The Bertz CT molecular complexity index is 751. The second-order valence-corrected chi connectivity index (χ2v) is 7.50. The maximum absolute atomic E-state index is 13.3. The van der Waals surface area contributed by atoms with Crippen LogP contribution in [0.1, 0.15) is 67.8 Å². The second-order valence-electron chi connectivity index (χ2n) is 7.50. The van der Waals surface area contributed by atoms with E-state index in [2.05, 4.69) is 18.9 Å². The van der Waals surface area contributed by atoms with E-state index in [0.29, 0.717) is 18.2 Å². The highest BCUT2D eigenvalue weighted by molar-refractivity contribution is 5.93. The molecule has 5 heteroatoms. The molecule has 0 radical (unpaired) electrons. The second kappa shape index (κ2) is 8.02. The molecule has 1 aliphatic heterocycles. The Labute approximate surface area is 155 Å². The lowest BCUT2D eigenvalue weighted by Gasteiger charge is -2.36. The fraction of sp³-hybridized carbons (Fsp3) is 0.524. The molecule has 0 aliphatic carbocycles. The number of carbonyl (C=O) groups is 1. The lowest BCUT2D eigenvalue weighted by molar-refractivity contribution is 0.0598. The van der Waals surface area contributed by atoms with Crippen LogP contribution in [0.2, 0.25) is 0 Å². The Morgan fingerprint density at radius 1 is 1.27 bits per heavy atom. The molecule has 1 aromatic carbocycles. The molecule has 1 fully saturated rings. The van der Waals surface area contributed by atoms with Crippen LogP contribution >= 0.6 is 0 Å². The molecule has 1 amide bonds. The molecule has 1 saturated heterocycles. The average Bonchev–Trinajstić information content (AvgIpc) is 3.04. The number of hydrogen-bond donors (Lipinski definition) is 0. The van der Waals surface area contributed by atoms with Crippen molar-refractivity contribution in [3.8, 4) is 0 Å². The van der Waals surface area contributed by atoms with Crippen LogP contribution in [-0.2, 0) is 13.0 Å². The highest BCUT2D eigenvalue weighted by Gasteiger charge is 2.30. The van der Waals surface area contributed by atoms with Gasteiger partial charge in [-0.2, -0.15) is 5.10 Å². The molecule has 4 nitrogen and oxygen atoms in total. The normalized spacial score (nSPS) is 17.7. The fourth-order valence-corrected chi connectivity index (χ4v) is 3.75. The number of piperidine rings is 1. The SMILES string of the molecule is CCn1nc(CC(C)C)cc1C(=O)N1CCCCC1c1ccc(F)cc1. The largest absolute Gasteiger partial charge is 0.330 e. The highest BCUT2D eigenvalue weighted by atomic mass is 19.1. The number of likely N-dealkylation sites (tertiary alicyclic amines) is 1. The summed E-state index contributed by atoms with van der Waals surface area (Å²) in [7, 11) is 0. The number of benzene rings is 1. The third kappa shape index (κ3) is 3.97. The zero-order chi connectivity index (χ0) is 18.7. The average molecular weight is 357 g/mol. The first kappa shape index (κ1) is 18.6. The van der Waals surface area contributed by atoms with Crippen molar-refractivity contribution in [3.63, 3.8) is 0 Å². The lowest BCUT2D eigenvalue weighted by atomic mass is 9.95. The first-order chi connectivity index (χ1) is 12.5. The maximum atomic E-state index is 13.3. The first-order valence-electron chi connectivity index (χ1n) is 9.62. The summed E-state index contributed by atoms with van der Waals surface area (Å²) >= 11 is 0. The van der Waals surface area contributed by atoms with Crippen molar-refractivity contribution < 1.29 is 9.18 Å². The first-order valence-corrected chi connectivity index (χ1v) is 9.62. The smallest absolute Gasteiger partial charge is 0.272 e. The zero-order valence-electron chi connectivity index (χ0n) is 15.9. The van der Waals surface area contributed by atoms with Crippen molar-refractivity contribution in [1.82, 2.24) is 14.7 Å². The summed E-state index contributed by atoms with van der Waals surface area (Å²) in [6.45, 7) is 7.73. The van der Waals surface area contributed by atoms with Crippen LogP contribution in [0.5, 0.6) is 0 Å². The summed E-state index contributed by atoms with van der Waals surface area (Å²) in [4.78, 5) is 15.3. The van der Waals surface area contributed by atoms with Gasteiger partial charge in [0.25, 0.3) is 5.91 Å². The van der Waals surface area contributed by atoms with Crippen LogP contribution in [0.15, 0.2) is 30.3 Å². The van der Waals surface area contributed by atoms with Gasteiger partial charge in [0.05, 0.1) is 11.7 Å². The molecule has 1 aromatic heterocycles. The third-order valence-corrected chi connectivity index (χ3v) is 4.99. The van der Waals surface area contributed by atoms with Crippen molar-refractivity contribution in [2.75, 3.05) is 6.54 Å². The number of rotatable bonds is 5. The lowest BCUT2D eigenvalue weighted by Crippen LogP contribution is -2.39. The third-order valence-electron chi connectivity index (χ3n) is 4.99. The van der Waals surface area contributed by atoms with Crippen molar-refractivity contribution in [2.45, 2.75) is 59.0 Å². The summed E-state index contributed by atoms with van der Waals surface area (Å²) in [6, 6.07) is 8.50. The monoisotopic (exact) mass is 357 g/mol. The van der Waals surface area contributed by atoms with Crippen molar-refractivity contribution in [3.05, 3.63) is 53.1 Å². The number of hydrogen-bond acceptors (Lipinski definition) is 2. The molecule has 2 aromatic rings. The zero-order valence-corrected chi connectivity index (χ0v) is 15.9. The highest BCUT2D eigenvalue weighted by Crippen LogP contribution is 2.32. The van der Waals surface area contributed by atoms with E-state index in [1.807, 2.05) is 22.6 Å². The molecule has 0 N–H and O–H groups in total. The molecule has 1 aliphatic rings. The van der Waals surface area contributed by atoms with Crippen LogP contribution in [0.25, 0.3) is 0 Å². The Morgan fingerprint density at radius 2 is 2.00 bits per heavy atom. The number of halogens is 1. The van der Waals surface area contributed by atoms with Gasteiger partial charge in [-0.25, -0.2) is 4.39 Å². The molecule has 0 bridgehead atoms. The number of carbonyl (C=O) groups excluding carboxylic acids is 1. The van der Waals surface area contributed by atoms with Crippen molar-refractivity contribution in [2.24, 2.45) is 5.92 Å². The van der Waals surface area contributed by atoms with Crippen LogP contribution in [-0.4, -0.2) is 27.1 Å². The number of aryl methyl sites for hydroxylation is 1. The number of nitrogens with zero attached hydrogens (tertiary/aromatic N) is 3. The van der Waals surface area contributed by atoms with Gasteiger partial charge >= 0.3 is 0 Å². The van der Waals surface area contributed by atoms with E-state index in [1.165, 1.54) is 12.1 Å². The van der Waals surface area contributed by atoms with Gasteiger partial charge in [0.1, 0.15) is 11.5 Å². The van der Waals surface area contributed by atoms with E-state index in [0.717, 1.165) is 43.5 Å². The molecule has 26 heavy (non-hydrogen) atoms. The van der Waals surface area contributed by atoms with Gasteiger partial charge in [0, 0.05) is 13.1 Å². The van der Waals surface area contributed by atoms with E-state index in [4.69, 9.17) is 0 Å². The van der Waals surface area contributed by atoms with Crippen LogP contribution in [0.4, 0.5) is 4.39 Å². The Morgan fingerprint density at radius 3 is 2.65 bits per heavy atom. The van der Waals surface area contributed by atoms with Gasteiger partial charge in [-0.05, 0) is 62.3 Å². The minimum atomic E-state index is -0.246. The molecule has 1 unspecified atom stereocenters. The van der Waals surface area contributed by atoms with Gasteiger partial charge in [-0.15, -0.1) is 0 Å². The summed E-state index contributed by atoms with van der Waals surface area (Å²) in [5.41, 5.74) is 2.64. The van der Waals surface area contributed by atoms with Crippen LogP contribution < -0.4 is 0 Å². The Kier molecular flexibility index (Phi) is 5.74. The summed E-state index contributed by atoms with van der Waals surface area (Å²) in [6.07, 6.45) is 3.87. The van der Waals surface area contributed by atoms with Gasteiger partial charge < -0.3 is 4.90 Å². The van der Waals surface area contributed by atoms with Crippen LogP contribution in [0.3, 0.4) is 0 Å². The van der Waals surface area contributed by atoms with Crippen molar-refractivity contribution in [1.29, 1.82) is 0 Å². The van der Waals surface area contributed by atoms with E-state index in [-0.39, 0.29) is 17.8 Å². The topological polar surface area (TPSA) is 38.1 Å². The molecule has 140 valence electrons. The standard InChI is InChI=1S/C21H28FN3O/c1-4-25-20(14-18(23-25)13-15(2)3)21(26)24-12-6-5-7-19(24)16-8-10-17(22)11-9-16/h8-11,14-15,19H,4-7,12-13H2,1-3H3. The quantitative estimate of drug-likeness (QED) is 0.784. The van der Waals surface area contributed by atoms with Gasteiger partial charge in [-0.1, -0.05) is 26.0 Å². The number of aromatic nitrogens is 2. The summed E-state index contributed by atoms with van der Waals surface area (Å²) in [5, 5.41) is 4.61. The molecule has 2 heterocycles. The fourth-order valence-electron chi connectivity index (χ4n) is 3.75. The molecule has 0 saturated carbocycles. The molecular formula is C21H28FN3O. The van der Waals surface area contributed by atoms with E-state index < -0.39 is 0 Å². The maximum Gasteiger partial charge on any atom is 0.272 e. The molecule has 0 spiro atoms.